The Morgan fingerprint density at radius 3 is 2.57 bits per heavy atom. The van der Waals surface area contributed by atoms with Crippen molar-refractivity contribution < 1.29 is 14.4 Å². The van der Waals surface area contributed by atoms with E-state index in [1.54, 1.807) is 26.1 Å². The van der Waals surface area contributed by atoms with Gasteiger partial charge in [0.25, 0.3) is 11.8 Å². The molecule has 2 amide bonds. The predicted molar refractivity (Wildman–Crippen MR) is 78.1 cm³/mol. The van der Waals surface area contributed by atoms with Crippen molar-refractivity contribution in [1.82, 2.24) is 15.6 Å². The Labute approximate surface area is 122 Å². The first-order valence-corrected chi connectivity index (χ1v) is 6.17. The molecule has 0 aliphatic rings. The lowest BCUT2D eigenvalue weighted by Crippen LogP contribution is -2.44. The van der Waals surface area contributed by atoms with E-state index in [9.17, 15) is 14.4 Å². The number of hydrogen-bond acceptors (Lipinski definition) is 5. The van der Waals surface area contributed by atoms with Crippen molar-refractivity contribution in [3.8, 4) is 0 Å². The summed E-state index contributed by atoms with van der Waals surface area (Å²) in [6.45, 7) is 5.17. The summed E-state index contributed by atoms with van der Waals surface area (Å²) in [5.74, 6) is 4.29. The zero-order valence-corrected chi connectivity index (χ0v) is 12.0. The Bertz CT molecular complexity index is 584. The van der Waals surface area contributed by atoms with Gasteiger partial charge >= 0.3 is 0 Å². The highest BCUT2D eigenvalue weighted by Gasteiger charge is 2.21. The van der Waals surface area contributed by atoms with Crippen LogP contribution in [-0.2, 0) is 4.79 Å². The number of nitrogens with one attached hydrogen (secondary N) is 2. The number of benzene rings is 1. The van der Waals surface area contributed by atoms with Gasteiger partial charge in [-0.15, -0.1) is 0 Å². The number of carbonyl (C=O) groups is 3. The van der Waals surface area contributed by atoms with Crippen molar-refractivity contribution >= 4 is 18.1 Å². The summed E-state index contributed by atoms with van der Waals surface area (Å²) in [7, 11) is 1.58. The van der Waals surface area contributed by atoms with Crippen molar-refractivity contribution in [1.29, 1.82) is 0 Å². The second kappa shape index (κ2) is 7.20. The van der Waals surface area contributed by atoms with Crippen LogP contribution in [0.4, 0.5) is 0 Å². The summed E-state index contributed by atoms with van der Waals surface area (Å²) in [5, 5.41) is 2.71. The molecule has 0 unspecified atom stereocenters. The van der Waals surface area contributed by atoms with Crippen LogP contribution in [0.2, 0.25) is 0 Å². The van der Waals surface area contributed by atoms with Crippen molar-refractivity contribution in [3.63, 3.8) is 0 Å². The van der Waals surface area contributed by atoms with Crippen LogP contribution in [0.1, 0.15) is 26.3 Å². The molecule has 0 aromatic heterocycles. The standard InChI is InChI=1S/C14H18N4O3/c1-9-4-11(8-19)6-12(5-9)14(21)18(10(2)16-3)7-13(20)17-15/h4-6,8,16H,2,7,15H2,1,3H3,(H,17,20). The first-order chi connectivity index (χ1) is 9.92. The third kappa shape index (κ3) is 4.15. The quantitative estimate of drug-likeness (QED) is 0.294. The second-order valence-electron chi connectivity index (χ2n) is 4.41. The minimum atomic E-state index is -0.539. The van der Waals surface area contributed by atoms with Crippen LogP contribution in [0.25, 0.3) is 0 Å². The van der Waals surface area contributed by atoms with Gasteiger partial charge in [0.2, 0.25) is 0 Å². The first kappa shape index (κ1) is 16.4. The molecular weight excluding hydrogens is 272 g/mol. The SMILES string of the molecule is C=C(NC)N(CC(=O)NN)C(=O)c1cc(C)cc(C=O)c1. The Morgan fingerprint density at radius 1 is 1.38 bits per heavy atom. The third-order valence-corrected chi connectivity index (χ3v) is 2.80. The van der Waals surface area contributed by atoms with Gasteiger partial charge in [-0.05, 0) is 30.7 Å². The number of aldehydes is 1. The fourth-order valence-electron chi connectivity index (χ4n) is 1.77. The molecule has 1 aromatic rings. The molecule has 1 rings (SSSR count). The van der Waals surface area contributed by atoms with E-state index >= 15 is 0 Å². The third-order valence-electron chi connectivity index (χ3n) is 2.80. The van der Waals surface area contributed by atoms with E-state index in [4.69, 9.17) is 5.84 Å². The zero-order valence-electron chi connectivity index (χ0n) is 12.0. The molecule has 0 fully saturated rings. The summed E-state index contributed by atoms with van der Waals surface area (Å²) in [4.78, 5) is 35.9. The fourth-order valence-corrected chi connectivity index (χ4v) is 1.77. The number of carbonyl (C=O) groups excluding carboxylic acids is 3. The minimum absolute atomic E-state index is 0.248. The van der Waals surface area contributed by atoms with Gasteiger partial charge in [0.05, 0.1) is 0 Å². The molecule has 0 saturated heterocycles. The van der Waals surface area contributed by atoms with Crippen LogP contribution in [-0.4, -0.2) is 36.6 Å². The Hall–Kier alpha value is -2.67. The van der Waals surface area contributed by atoms with Gasteiger partial charge < -0.3 is 5.32 Å². The minimum Gasteiger partial charge on any atom is -0.375 e. The summed E-state index contributed by atoms with van der Waals surface area (Å²) < 4.78 is 0. The van der Waals surface area contributed by atoms with Crippen LogP contribution >= 0.6 is 0 Å². The van der Waals surface area contributed by atoms with Gasteiger partial charge in [0.15, 0.2) is 0 Å². The molecule has 7 nitrogen and oxygen atoms in total. The molecule has 4 N–H and O–H groups in total. The first-order valence-electron chi connectivity index (χ1n) is 6.17. The highest BCUT2D eigenvalue weighted by atomic mass is 16.2. The predicted octanol–water partition coefficient (Wildman–Crippen LogP) is -0.0698. The van der Waals surface area contributed by atoms with E-state index in [0.29, 0.717) is 17.4 Å². The average molecular weight is 290 g/mol. The number of hydrogen-bond donors (Lipinski definition) is 3. The van der Waals surface area contributed by atoms with E-state index in [-0.39, 0.29) is 12.4 Å². The van der Waals surface area contributed by atoms with E-state index in [1.165, 1.54) is 6.07 Å². The number of nitrogens with zero attached hydrogens (tertiary/aromatic N) is 1. The van der Waals surface area contributed by atoms with Crippen molar-refractivity contribution in [2.45, 2.75) is 6.92 Å². The molecule has 7 heteroatoms. The highest BCUT2D eigenvalue weighted by Crippen LogP contribution is 2.13. The summed E-state index contributed by atoms with van der Waals surface area (Å²) in [5.41, 5.74) is 3.40. The number of nitrogens with two attached hydrogens (primary N) is 1. The van der Waals surface area contributed by atoms with Gasteiger partial charge in [-0.2, -0.15) is 0 Å². The van der Waals surface area contributed by atoms with E-state index in [0.717, 1.165) is 10.5 Å². The molecule has 1 aromatic carbocycles. The zero-order chi connectivity index (χ0) is 16.0. The molecule has 0 heterocycles. The van der Waals surface area contributed by atoms with Crippen LogP contribution < -0.4 is 16.6 Å². The van der Waals surface area contributed by atoms with Crippen LogP contribution in [0.5, 0.6) is 0 Å². The van der Waals surface area contributed by atoms with Gasteiger partial charge in [-0.1, -0.05) is 6.58 Å². The lowest BCUT2D eigenvalue weighted by atomic mass is 10.1. The maximum atomic E-state index is 12.5. The summed E-state index contributed by atoms with van der Waals surface area (Å²) >= 11 is 0. The molecule has 0 aliphatic heterocycles. The number of rotatable bonds is 6. The smallest absolute Gasteiger partial charge is 0.259 e. The van der Waals surface area contributed by atoms with Gasteiger partial charge in [-0.25, -0.2) is 5.84 Å². The Kier molecular flexibility index (Phi) is 5.62. The van der Waals surface area contributed by atoms with Gasteiger partial charge in [0, 0.05) is 18.2 Å². The molecule has 112 valence electrons. The summed E-state index contributed by atoms with van der Waals surface area (Å²) in [6, 6.07) is 4.75. The lowest BCUT2D eigenvalue weighted by molar-refractivity contribution is -0.121. The Morgan fingerprint density at radius 2 is 2.05 bits per heavy atom. The van der Waals surface area contributed by atoms with Crippen molar-refractivity contribution in [2.24, 2.45) is 5.84 Å². The molecule has 0 saturated carbocycles. The largest absolute Gasteiger partial charge is 0.375 e. The lowest BCUT2D eigenvalue weighted by Gasteiger charge is -2.23. The van der Waals surface area contributed by atoms with Crippen LogP contribution in [0.15, 0.2) is 30.6 Å². The van der Waals surface area contributed by atoms with Crippen LogP contribution in [0, 0.1) is 6.92 Å². The van der Waals surface area contributed by atoms with Crippen LogP contribution in [0.3, 0.4) is 0 Å². The monoisotopic (exact) mass is 290 g/mol. The number of hydrazine groups is 1. The van der Waals surface area contributed by atoms with Gasteiger partial charge in [-0.3, -0.25) is 24.7 Å². The number of aryl methyl sites for hydroxylation is 1. The molecule has 0 spiro atoms. The molecular formula is C14H18N4O3. The highest BCUT2D eigenvalue weighted by molar-refractivity contribution is 5.98. The summed E-state index contributed by atoms with van der Waals surface area (Å²) in [6.07, 6.45) is 0.660. The molecule has 0 atom stereocenters. The topological polar surface area (TPSA) is 105 Å². The molecule has 0 radical (unpaired) electrons. The molecule has 0 bridgehead atoms. The maximum absolute atomic E-state index is 12.5. The normalized spacial score (nSPS) is 9.67. The van der Waals surface area contributed by atoms with E-state index in [2.05, 4.69) is 11.9 Å². The molecule has 0 aliphatic carbocycles. The fraction of sp³-hybridized carbons (Fsp3) is 0.214. The average Bonchev–Trinajstić information content (AvgIpc) is 2.50. The molecule has 21 heavy (non-hydrogen) atoms. The Balaban J connectivity index is 3.15. The van der Waals surface area contributed by atoms with E-state index in [1.807, 2.05) is 5.43 Å². The van der Waals surface area contributed by atoms with Crippen molar-refractivity contribution in [3.05, 3.63) is 47.3 Å². The van der Waals surface area contributed by atoms with Crippen molar-refractivity contribution in [2.75, 3.05) is 13.6 Å². The van der Waals surface area contributed by atoms with Gasteiger partial charge in [0.1, 0.15) is 18.7 Å². The van der Waals surface area contributed by atoms with E-state index < -0.39 is 11.8 Å². The maximum Gasteiger partial charge on any atom is 0.259 e. The number of amides is 2. The second-order valence-corrected chi connectivity index (χ2v) is 4.41.